The number of hydrogen-bond acceptors (Lipinski definition) is 4. The highest BCUT2D eigenvalue weighted by molar-refractivity contribution is 7.89. The van der Waals surface area contributed by atoms with Crippen molar-refractivity contribution < 1.29 is 8.42 Å². The van der Waals surface area contributed by atoms with Crippen LogP contribution in [0.15, 0.2) is 35.5 Å². The molecule has 0 spiro atoms. The van der Waals surface area contributed by atoms with Crippen molar-refractivity contribution in [2.24, 2.45) is 7.05 Å². The highest BCUT2D eigenvalue weighted by Crippen LogP contribution is 2.22. The van der Waals surface area contributed by atoms with Crippen molar-refractivity contribution in [1.29, 1.82) is 5.26 Å². The number of benzene rings is 1. The van der Waals surface area contributed by atoms with Crippen LogP contribution in [0, 0.1) is 11.3 Å². The molecule has 0 aliphatic rings. The molecule has 0 fully saturated rings. The van der Waals surface area contributed by atoms with Gasteiger partial charge in [-0.3, -0.25) is 0 Å². The second-order valence-corrected chi connectivity index (χ2v) is 6.50. The van der Waals surface area contributed by atoms with E-state index in [4.69, 9.17) is 16.9 Å². The van der Waals surface area contributed by atoms with E-state index >= 15 is 0 Å². The monoisotopic (exact) mass is 324 g/mol. The molecule has 0 amide bonds. The molecule has 0 atom stereocenters. The summed E-state index contributed by atoms with van der Waals surface area (Å²) in [6, 6.07) is 6.01. The molecule has 8 heteroatoms. The van der Waals surface area contributed by atoms with E-state index in [9.17, 15) is 8.42 Å². The second kappa shape index (κ2) is 6.26. The van der Waals surface area contributed by atoms with E-state index < -0.39 is 10.0 Å². The Kier molecular flexibility index (Phi) is 4.63. The molecule has 2 rings (SSSR count). The van der Waals surface area contributed by atoms with Gasteiger partial charge < -0.3 is 4.57 Å². The standard InChI is InChI=1S/C13H13ClN4O2S/c1-18-7-6-16-13(18)4-5-17-21(19,20)12-8-10(9-15)2-3-11(12)14/h2-3,6-8,17H,4-5H2,1H3. The van der Waals surface area contributed by atoms with Crippen molar-refractivity contribution in [3.8, 4) is 6.07 Å². The summed E-state index contributed by atoms with van der Waals surface area (Å²) in [5.74, 6) is 0.773. The smallest absolute Gasteiger partial charge is 0.242 e. The first-order chi connectivity index (χ1) is 9.94. The van der Waals surface area contributed by atoms with Crippen LogP contribution in [0.1, 0.15) is 11.4 Å². The minimum atomic E-state index is -3.76. The van der Waals surface area contributed by atoms with Crippen LogP contribution in [-0.2, 0) is 23.5 Å². The summed E-state index contributed by atoms with van der Waals surface area (Å²) in [6.45, 7) is 0.195. The van der Waals surface area contributed by atoms with E-state index in [0.717, 1.165) is 5.82 Å². The van der Waals surface area contributed by atoms with Gasteiger partial charge in [0.15, 0.2) is 0 Å². The number of hydrogen-bond donors (Lipinski definition) is 1. The summed E-state index contributed by atoms with van der Waals surface area (Å²) >= 11 is 5.90. The van der Waals surface area contributed by atoms with Gasteiger partial charge in [0.25, 0.3) is 0 Å². The van der Waals surface area contributed by atoms with Crippen molar-refractivity contribution in [3.63, 3.8) is 0 Å². The van der Waals surface area contributed by atoms with Gasteiger partial charge in [-0.2, -0.15) is 5.26 Å². The maximum Gasteiger partial charge on any atom is 0.242 e. The van der Waals surface area contributed by atoms with Gasteiger partial charge in [0.1, 0.15) is 10.7 Å². The first kappa shape index (κ1) is 15.5. The van der Waals surface area contributed by atoms with Gasteiger partial charge in [-0.25, -0.2) is 18.1 Å². The third kappa shape index (κ3) is 3.61. The predicted octanol–water partition coefficient (Wildman–Crippen LogP) is 1.47. The Morgan fingerprint density at radius 2 is 2.24 bits per heavy atom. The molecule has 0 radical (unpaired) electrons. The van der Waals surface area contributed by atoms with E-state index in [-0.39, 0.29) is 22.0 Å². The molecule has 0 bridgehead atoms. The number of rotatable bonds is 5. The fraction of sp³-hybridized carbons (Fsp3) is 0.231. The zero-order valence-corrected chi connectivity index (χ0v) is 12.8. The van der Waals surface area contributed by atoms with Gasteiger partial charge >= 0.3 is 0 Å². The summed E-state index contributed by atoms with van der Waals surface area (Å²) in [4.78, 5) is 4.02. The van der Waals surface area contributed by atoms with Crippen LogP contribution in [-0.4, -0.2) is 24.5 Å². The molecule has 0 aliphatic heterocycles. The van der Waals surface area contributed by atoms with Gasteiger partial charge in [0.05, 0.1) is 16.7 Å². The lowest BCUT2D eigenvalue weighted by Crippen LogP contribution is -2.27. The van der Waals surface area contributed by atoms with E-state index in [1.54, 1.807) is 12.4 Å². The molecule has 1 aromatic heterocycles. The number of halogens is 1. The summed E-state index contributed by atoms with van der Waals surface area (Å²) in [5.41, 5.74) is 0.240. The lowest BCUT2D eigenvalue weighted by molar-refractivity contribution is 0.580. The van der Waals surface area contributed by atoms with Gasteiger partial charge in [-0.1, -0.05) is 11.6 Å². The first-order valence-electron chi connectivity index (χ1n) is 6.09. The molecule has 0 saturated carbocycles. The number of sulfonamides is 1. The van der Waals surface area contributed by atoms with E-state index in [1.807, 2.05) is 17.7 Å². The summed E-state index contributed by atoms with van der Waals surface area (Å²) in [6.07, 6.45) is 3.90. The molecule has 0 aliphatic carbocycles. The van der Waals surface area contributed by atoms with E-state index in [2.05, 4.69) is 9.71 Å². The Morgan fingerprint density at radius 3 is 2.86 bits per heavy atom. The number of imidazole rings is 1. The zero-order valence-electron chi connectivity index (χ0n) is 11.2. The molecular formula is C13H13ClN4O2S. The molecule has 21 heavy (non-hydrogen) atoms. The van der Waals surface area contributed by atoms with E-state index in [1.165, 1.54) is 18.2 Å². The van der Waals surface area contributed by atoms with Crippen LogP contribution in [0.5, 0.6) is 0 Å². The quantitative estimate of drug-likeness (QED) is 0.902. The Hall–Kier alpha value is -1.88. The average Bonchev–Trinajstić information content (AvgIpc) is 2.84. The van der Waals surface area contributed by atoms with Crippen LogP contribution in [0.3, 0.4) is 0 Å². The van der Waals surface area contributed by atoms with Crippen LogP contribution in [0.25, 0.3) is 0 Å². The Bertz CT molecular complexity index is 793. The van der Waals surface area contributed by atoms with Crippen molar-refractivity contribution in [3.05, 3.63) is 47.0 Å². The third-order valence-corrected chi connectivity index (χ3v) is 4.85. The Morgan fingerprint density at radius 1 is 1.48 bits per heavy atom. The van der Waals surface area contributed by atoms with Crippen molar-refractivity contribution in [2.75, 3.05) is 6.54 Å². The molecule has 0 saturated heterocycles. The molecule has 1 heterocycles. The lowest BCUT2D eigenvalue weighted by atomic mass is 10.2. The largest absolute Gasteiger partial charge is 0.338 e. The normalized spacial score (nSPS) is 11.3. The summed E-state index contributed by atoms with van der Waals surface area (Å²) in [5, 5.41) is 8.91. The molecule has 6 nitrogen and oxygen atoms in total. The van der Waals surface area contributed by atoms with E-state index in [0.29, 0.717) is 6.42 Å². The van der Waals surface area contributed by atoms with Crippen molar-refractivity contribution >= 4 is 21.6 Å². The predicted molar refractivity (Wildman–Crippen MR) is 78.3 cm³/mol. The SMILES string of the molecule is Cn1ccnc1CCNS(=O)(=O)c1cc(C#N)ccc1Cl. The fourth-order valence-corrected chi connectivity index (χ4v) is 3.35. The van der Waals surface area contributed by atoms with Crippen LogP contribution < -0.4 is 4.72 Å². The lowest BCUT2D eigenvalue weighted by Gasteiger charge is -2.08. The highest BCUT2D eigenvalue weighted by atomic mass is 35.5. The maximum absolute atomic E-state index is 12.2. The molecular weight excluding hydrogens is 312 g/mol. The third-order valence-electron chi connectivity index (χ3n) is 2.91. The van der Waals surface area contributed by atoms with Gasteiger partial charge in [0.2, 0.25) is 10.0 Å². The number of aromatic nitrogens is 2. The summed E-state index contributed by atoms with van der Waals surface area (Å²) in [7, 11) is -1.92. The molecule has 110 valence electrons. The van der Waals surface area contributed by atoms with Gasteiger partial charge in [-0.05, 0) is 18.2 Å². The molecule has 0 unspecified atom stereocenters. The highest BCUT2D eigenvalue weighted by Gasteiger charge is 2.18. The Labute approximate surface area is 128 Å². The van der Waals surface area contributed by atoms with Crippen molar-refractivity contribution in [2.45, 2.75) is 11.3 Å². The maximum atomic E-state index is 12.2. The number of nitrogens with zero attached hydrogens (tertiary/aromatic N) is 3. The number of nitriles is 1. The zero-order chi connectivity index (χ0) is 15.5. The van der Waals surface area contributed by atoms with Crippen LogP contribution >= 0.6 is 11.6 Å². The van der Waals surface area contributed by atoms with Gasteiger partial charge in [0, 0.05) is 32.4 Å². The number of aryl methyl sites for hydroxylation is 1. The fourth-order valence-electron chi connectivity index (χ4n) is 1.79. The topological polar surface area (TPSA) is 87.8 Å². The minimum Gasteiger partial charge on any atom is -0.338 e. The molecule has 1 aromatic carbocycles. The first-order valence-corrected chi connectivity index (χ1v) is 7.95. The van der Waals surface area contributed by atoms with Crippen molar-refractivity contribution in [1.82, 2.24) is 14.3 Å². The second-order valence-electron chi connectivity index (χ2n) is 4.36. The van der Waals surface area contributed by atoms with Crippen LogP contribution in [0.4, 0.5) is 0 Å². The van der Waals surface area contributed by atoms with Crippen LogP contribution in [0.2, 0.25) is 5.02 Å². The molecule has 1 N–H and O–H groups in total. The average molecular weight is 325 g/mol. The minimum absolute atomic E-state index is 0.0819. The number of nitrogens with one attached hydrogen (secondary N) is 1. The summed E-state index contributed by atoms with van der Waals surface area (Å²) < 4.78 is 28.7. The Balaban J connectivity index is 2.12. The molecule has 2 aromatic rings. The van der Waals surface area contributed by atoms with Gasteiger partial charge in [-0.15, -0.1) is 0 Å².